The molecular formula is C17H18N2O4S. The van der Waals surface area contributed by atoms with Gasteiger partial charge in [0.2, 0.25) is 5.91 Å². The van der Waals surface area contributed by atoms with E-state index in [0.717, 1.165) is 5.76 Å². The Hall–Kier alpha value is -2.80. The molecule has 2 rings (SSSR count). The predicted octanol–water partition coefficient (Wildman–Crippen LogP) is 3.13. The quantitative estimate of drug-likeness (QED) is 0.640. The molecule has 6 nitrogen and oxygen atoms in total. The summed E-state index contributed by atoms with van der Waals surface area (Å²) in [5, 5.41) is 5.60. The molecule has 1 aromatic carbocycles. The number of hydrogen-bond acceptors (Lipinski definition) is 5. The third-order valence-corrected chi connectivity index (χ3v) is 3.26. The van der Waals surface area contributed by atoms with E-state index in [1.807, 2.05) is 13.0 Å². The summed E-state index contributed by atoms with van der Waals surface area (Å²) in [5.41, 5.74) is 0.591. The molecular weight excluding hydrogens is 328 g/mol. The second kappa shape index (κ2) is 8.16. The first-order valence-electron chi connectivity index (χ1n) is 7.10. The Bertz CT molecular complexity index is 768. The summed E-state index contributed by atoms with van der Waals surface area (Å²) in [6.07, 6.45) is 2.91. The number of anilines is 1. The van der Waals surface area contributed by atoms with E-state index in [4.69, 9.17) is 26.1 Å². The van der Waals surface area contributed by atoms with Gasteiger partial charge in [0, 0.05) is 12.1 Å². The lowest BCUT2D eigenvalue weighted by Gasteiger charge is -2.13. The van der Waals surface area contributed by atoms with Crippen LogP contribution >= 0.6 is 12.2 Å². The molecule has 0 saturated heterocycles. The smallest absolute Gasteiger partial charge is 0.250 e. The van der Waals surface area contributed by atoms with Crippen molar-refractivity contribution in [3.05, 3.63) is 47.9 Å². The van der Waals surface area contributed by atoms with Crippen molar-refractivity contribution in [3.8, 4) is 11.5 Å². The second-order valence-electron chi connectivity index (χ2n) is 4.79. The zero-order chi connectivity index (χ0) is 17.5. The number of amides is 1. The number of methoxy groups -OCH3 is 2. The minimum Gasteiger partial charge on any atom is -0.497 e. The first kappa shape index (κ1) is 17.6. The molecule has 0 aliphatic rings. The van der Waals surface area contributed by atoms with Crippen LogP contribution in [0.2, 0.25) is 0 Å². The van der Waals surface area contributed by atoms with Crippen LogP contribution in [-0.4, -0.2) is 25.2 Å². The first-order valence-corrected chi connectivity index (χ1v) is 7.51. The van der Waals surface area contributed by atoms with Crippen molar-refractivity contribution in [1.82, 2.24) is 5.32 Å². The summed E-state index contributed by atoms with van der Waals surface area (Å²) >= 11 is 5.14. The molecule has 0 atom stereocenters. The van der Waals surface area contributed by atoms with Crippen LogP contribution in [0, 0.1) is 6.92 Å². The van der Waals surface area contributed by atoms with Crippen molar-refractivity contribution in [1.29, 1.82) is 0 Å². The summed E-state index contributed by atoms with van der Waals surface area (Å²) in [6, 6.07) is 8.82. The number of rotatable bonds is 5. The van der Waals surface area contributed by atoms with Crippen LogP contribution in [0.15, 0.2) is 40.8 Å². The fraction of sp³-hybridized carbons (Fsp3) is 0.176. The van der Waals surface area contributed by atoms with Gasteiger partial charge in [0.15, 0.2) is 5.11 Å². The van der Waals surface area contributed by atoms with Gasteiger partial charge in [-0.1, -0.05) is 0 Å². The highest BCUT2D eigenvalue weighted by Crippen LogP contribution is 2.28. The fourth-order valence-corrected chi connectivity index (χ4v) is 2.13. The van der Waals surface area contributed by atoms with Crippen LogP contribution in [0.1, 0.15) is 11.5 Å². The third-order valence-electron chi connectivity index (χ3n) is 3.05. The van der Waals surface area contributed by atoms with Crippen molar-refractivity contribution in [2.24, 2.45) is 0 Å². The van der Waals surface area contributed by atoms with Crippen molar-refractivity contribution in [2.45, 2.75) is 6.92 Å². The lowest BCUT2D eigenvalue weighted by atomic mass is 10.2. The molecule has 1 amide bonds. The summed E-state index contributed by atoms with van der Waals surface area (Å²) in [4.78, 5) is 11.9. The third kappa shape index (κ3) is 4.85. The highest BCUT2D eigenvalue weighted by atomic mass is 32.1. The number of thiocarbonyl (C=S) groups is 1. The minimum absolute atomic E-state index is 0.145. The van der Waals surface area contributed by atoms with Crippen molar-refractivity contribution in [2.75, 3.05) is 19.5 Å². The van der Waals surface area contributed by atoms with E-state index in [1.165, 1.54) is 6.08 Å². The molecule has 0 radical (unpaired) electrons. The molecule has 0 fully saturated rings. The summed E-state index contributed by atoms with van der Waals surface area (Å²) in [5.74, 6) is 2.21. The van der Waals surface area contributed by atoms with Gasteiger partial charge in [0.25, 0.3) is 0 Å². The average molecular weight is 346 g/mol. The zero-order valence-electron chi connectivity index (χ0n) is 13.6. The minimum atomic E-state index is -0.372. The SMILES string of the molecule is COc1ccc(OC)c(NC(=S)NC(=O)/C=C/c2ccc(C)o2)c1. The van der Waals surface area contributed by atoms with Gasteiger partial charge >= 0.3 is 0 Å². The summed E-state index contributed by atoms with van der Waals surface area (Å²) in [7, 11) is 3.11. The number of ether oxygens (including phenoxy) is 2. The number of benzene rings is 1. The Labute approximate surface area is 145 Å². The monoisotopic (exact) mass is 346 g/mol. The fourth-order valence-electron chi connectivity index (χ4n) is 1.92. The largest absolute Gasteiger partial charge is 0.497 e. The molecule has 7 heteroatoms. The Kier molecular flexibility index (Phi) is 5.97. The molecule has 2 aromatic rings. The predicted molar refractivity (Wildman–Crippen MR) is 96.4 cm³/mol. The van der Waals surface area contributed by atoms with Crippen LogP contribution in [0.4, 0.5) is 5.69 Å². The number of aryl methyl sites for hydroxylation is 1. The molecule has 2 N–H and O–H groups in total. The zero-order valence-corrected chi connectivity index (χ0v) is 14.4. The topological polar surface area (TPSA) is 72.7 Å². The standard InChI is InChI=1S/C17H18N2O4S/c1-11-4-5-12(23-11)7-9-16(20)19-17(24)18-14-10-13(21-2)6-8-15(14)22-3/h4-10H,1-3H3,(H2,18,19,20,24)/b9-7+. The lowest BCUT2D eigenvalue weighted by molar-refractivity contribution is -0.115. The van der Waals surface area contributed by atoms with Crippen LogP contribution in [-0.2, 0) is 4.79 Å². The Balaban J connectivity index is 1.97. The molecule has 0 spiro atoms. The van der Waals surface area contributed by atoms with E-state index in [2.05, 4.69) is 10.6 Å². The molecule has 0 aliphatic heterocycles. The molecule has 126 valence electrons. The van der Waals surface area contributed by atoms with Crippen LogP contribution < -0.4 is 20.1 Å². The Morgan fingerprint density at radius 1 is 1.21 bits per heavy atom. The van der Waals surface area contributed by atoms with E-state index < -0.39 is 0 Å². The van der Waals surface area contributed by atoms with E-state index in [-0.39, 0.29) is 11.0 Å². The molecule has 0 aliphatic carbocycles. The molecule has 0 unspecified atom stereocenters. The highest BCUT2D eigenvalue weighted by molar-refractivity contribution is 7.80. The number of furan rings is 1. The van der Waals surface area contributed by atoms with Crippen LogP contribution in [0.5, 0.6) is 11.5 Å². The maximum atomic E-state index is 11.9. The van der Waals surface area contributed by atoms with Crippen LogP contribution in [0.25, 0.3) is 6.08 Å². The molecule has 24 heavy (non-hydrogen) atoms. The number of hydrogen-bond donors (Lipinski definition) is 2. The van der Waals surface area contributed by atoms with E-state index in [9.17, 15) is 4.79 Å². The molecule has 1 heterocycles. The van der Waals surface area contributed by atoms with E-state index in [1.54, 1.807) is 44.6 Å². The van der Waals surface area contributed by atoms with Gasteiger partial charge in [-0.15, -0.1) is 0 Å². The lowest BCUT2D eigenvalue weighted by Crippen LogP contribution is -2.32. The summed E-state index contributed by atoms with van der Waals surface area (Å²) < 4.78 is 15.7. The van der Waals surface area contributed by atoms with Gasteiger partial charge in [-0.3, -0.25) is 10.1 Å². The van der Waals surface area contributed by atoms with Crippen LogP contribution in [0.3, 0.4) is 0 Å². The highest BCUT2D eigenvalue weighted by Gasteiger charge is 2.08. The normalized spacial score (nSPS) is 10.5. The molecule has 0 bridgehead atoms. The van der Waals surface area contributed by atoms with E-state index in [0.29, 0.717) is 22.9 Å². The maximum absolute atomic E-state index is 11.9. The second-order valence-corrected chi connectivity index (χ2v) is 5.20. The average Bonchev–Trinajstić information content (AvgIpc) is 2.98. The molecule has 1 aromatic heterocycles. The number of carbonyl (C=O) groups excluding carboxylic acids is 1. The van der Waals surface area contributed by atoms with Gasteiger partial charge in [-0.2, -0.15) is 0 Å². The van der Waals surface area contributed by atoms with Gasteiger partial charge in [-0.05, 0) is 49.5 Å². The first-order chi connectivity index (χ1) is 11.5. The molecule has 0 saturated carbocycles. The van der Waals surface area contributed by atoms with Crippen molar-refractivity contribution >= 4 is 35.0 Å². The maximum Gasteiger partial charge on any atom is 0.250 e. The Morgan fingerprint density at radius 3 is 2.62 bits per heavy atom. The van der Waals surface area contributed by atoms with Gasteiger partial charge in [0.1, 0.15) is 23.0 Å². The number of nitrogens with one attached hydrogen (secondary N) is 2. The Morgan fingerprint density at radius 2 is 2.00 bits per heavy atom. The van der Waals surface area contributed by atoms with Crippen molar-refractivity contribution < 1.29 is 18.7 Å². The van der Waals surface area contributed by atoms with Gasteiger partial charge in [0.05, 0.1) is 19.9 Å². The number of carbonyl (C=O) groups is 1. The van der Waals surface area contributed by atoms with Crippen molar-refractivity contribution in [3.63, 3.8) is 0 Å². The van der Waals surface area contributed by atoms with Gasteiger partial charge < -0.3 is 19.2 Å². The summed E-state index contributed by atoms with van der Waals surface area (Å²) in [6.45, 7) is 1.83. The van der Waals surface area contributed by atoms with Gasteiger partial charge in [-0.25, -0.2) is 0 Å². The van der Waals surface area contributed by atoms with E-state index >= 15 is 0 Å².